The summed E-state index contributed by atoms with van der Waals surface area (Å²) >= 11 is 0. The molecule has 0 aliphatic carbocycles. The van der Waals surface area contributed by atoms with Crippen LogP contribution in [0.5, 0.6) is 0 Å². The lowest BCUT2D eigenvalue weighted by molar-refractivity contribution is 0.0556. The minimum absolute atomic E-state index is 0.166. The predicted molar refractivity (Wildman–Crippen MR) is 86.4 cm³/mol. The van der Waals surface area contributed by atoms with E-state index in [1.165, 1.54) is 0 Å². The second kappa shape index (κ2) is 7.57. The lowest BCUT2D eigenvalue weighted by Crippen LogP contribution is -2.52. The van der Waals surface area contributed by atoms with Crippen molar-refractivity contribution in [2.75, 3.05) is 32.7 Å². The van der Waals surface area contributed by atoms with Gasteiger partial charge in [0.1, 0.15) is 0 Å². The van der Waals surface area contributed by atoms with Crippen LogP contribution in [0.25, 0.3) is 0 Å². The third kappa shape index (κ3) is 3.83. The molecule has 116 valence electrons. The van der Waals surface area contributed by atoms with Gasteiger partial charge in [0, 0.05) is 37.8 Å². The average molecular weight is 289 g/mol. The van der Waals surface area contributed by atoms with Crippen LogP contribution in [0, 0.1) is 6.92 Å². The molecule has 1 heterocycles. The first kappa shape index (κ1) is 16.0. The van der Waals surface area contributed by atoms with E-state index in [1.54, 1.807) is 0 Å². The third-order valence-electron chi connectivity index (χ3n) is 4.46. The van der Waals surface area contributed by atoms with Gasteiger partial charge in [0.2, 0.25) is 0 Å². The first-order valence-corrected chi connectivity index (χ1v) is 7.96. The third-order valence-corrected chi connectivity index (χ3v) is 4.46. The largest absolute Gasteiger partial charge is 0.336 e. The predicted octanol–water partition coefficient (Wildman–Crippen LogP) is 1.88. The molecule has 1 atom stereocenters. The summed E-state index contributed by atoms with van der Waals surface area (Å²) in [6.45, 7) is 8.48. The maximum absolute atomic E-state index is 12.6. The first-order valence-electron chi connectivity index (χ1n) is 7.96. The Kier molecular flexibility index (Phi) is 5.76. The Morgan fingerprint density at radius 3 is 2.48 bits per heavy atom. The molecule has 0 aromatic heterocycles. The smallest absolute Gasteiger partial charge is 0.254 e. The van der Waals surface area contributed by atoms with Crippen molar-refractivity contribution in [3.05, 3.63) is 35.4 Å². The molecule has 1 fully saturated rings. The highest BCUT2D eigenvalue weighted by Crippen LogP contribution is 2.15. The molecular formula is C17H27N3O. The zero-order chi connectivity index (χ0) is 15.2. The minimum Gasteiger partial charge on any atom is -0.336 e. The Morgan fingerprint density at radius 2 is 1.90 bits per heavy atom. The molecule has 1 aromatic rings. The highest BCUT2D eigenvalue weighted by molar-refractivity contribution is 5.95. The van der Waals surface area contributed by atoms with Crippen LogP contribution < -0.4 is 5.73 Å². The standard InChI is InChI=1S/C17H27N3O/c1-3-15(8-9-18)19-10-12-20(13-11-19)17(21)16-7-5-4-6-14(16)2/h4-7,15H,3,8-13,18H2,1-2H3. The number of benzene rings is 1. The Labute approximate surface area is 127 Å². The fourth-order valence-corrected chi connectivity index (χ4v) is 3.11. The van der Waals surface area contributed by atoms with Crippen molar-refractivity contribution in [1.82, 2.24) is 9.80 Å². The lowest BCUT2D eigenvalue weighted by Gasteiger charge is -2.39. The van der Waals surface area contributed by atoms with Crippen LogP contribution in [0.3, 0.4) is 0 Å². The van der Waals surface area contributed by atoms with Crippen molar-refractivity contribution in [2.24, 2.45) is 5.73 Å². The van der Waals surface area contributed by atoms with Crippen molar-refractivity contribution in [1.29, 1.82) is 0 Å². The molecule has 0 spiro atoms. The van der Waals surface area contributed by atoms with Gasteiger partial charge < -0.3 is 10.6 Å². The molecule has 1 saturated heterocycles. The van der Waals surface area contributed by atoms with Crippen LogP contribution in [0.4, 0.5) is 0 Å². The van der Waals surface area contributed by atoms with Gasteiger partial charge in [-0.2, -0.15) is 0 Å². The highest BCUT2D eigenvalue weighted by Gasteiger charge is 2.25. The van der Waals surface area contributed by atoms with Crippen molar-refractivity contribution in [2.45, 2.75) is 32.7 Å². The second-order valence-electron chi connectivity index (χ2n) is 5.78. The van der Waals surface area contributed by atoms with Gasteiger partial charge in [-0.1, -0.05) is 25.1 Å². The quantitative estimate of drug-likeness (QED) is 0.900. The fourth-order valence-electron chi connectivity index (χ4n) is 3.11. The van der Waals surface area contributed by atoms with Gasteiger partial charge in [-0.25, -0.2) is 0 Å². The Bertz CT molecular complexity index is 467. The molecule has 1 aliphatic heterocycles. The molecule has 1 unspecified atom stereocenters. The number of aryl methyl sites for hydroxylation is 1. The van der Waals surface area contributed by atoms with Crippen LogP contribution in [0.1, 0.15) is 35.7 Å². The summed E-state index contributed by atoms with van der Waals surface area (Å²) in [7, 11) is 0. The summed E-state index contributed by atoms with van der Waals surface area (Å²) in [5.41, 5.74) is 7.58. The molecular weight excluding hydrogens is 262 g/mol. The van der Waals surface area contributed by atoms with Gasteiger partial charge in [0.15, 0.2) is 0 Å². The fraction of sp³-hybridized carbons (Fsp3) is 0.588. The lowest BCUT2D eigenvalue weighted by atomic mass is 10.1. The topological polar surface area (TPSA) is 49.6 Å². The van der Waals surface area contributed by atoms with Gasteiger partial charge in [0.05, 0.1) is 0 Å². The molecule has 0 radical (unpaired) electrons. The number of amides is 1. The summed E-state index contributed by atoms with van der Waals surface area (Å²) in [4.78, 5) is 17.0. The zero-order valence-corrected chi connectivity index (χ0v) is 13.2. The van der Waals surface area contributed by atoms with E-state index < -0.39 is 0 Å². The van der Waals surface area contributed by atoms with E-state index in [0.717, 1.165) is 56.7 Å². The van der Waals surface area contributed by atoms with Gasteiger partial charge in [-0.05, 0) is 37.9 Å². The van der Waals surface area contributed by atoms with E-state index >= 15 is 0 Å². The molecule has 0 bridgehead atoms. The monoisotopic (exact) mass is 289 g/mol. The van der Waals surface area contributed by atoms with Gasteiger partial charge >= 0.3 is 0 Å². The van der Waals surface area contributed by atoms with E-state index in [1.807, 2.05) is 36.1 Å². The van der Waals surface area contributed by atoms with Crippen molar-refractivity contribution in [3.8, 4) is 0 Å². The molecule has 4 heteroatoms. The maximum Gasteiger partial charge on any atom is 0.254 e. The van der Waals surface area contributed by atoms with Crippen molar-refractivity contribution >= 4 is 5.91 Å². The number of rotatable bonds is 5. The zero-order valence-electron chi connectivity index (χ0n) is 13.2. The van der Waals surface area contributed by atoms with E-state index in [-0.39, 0.29) is 5.91 Å². The molecule has 1 amide bonds. The van der Waals surface area contributed by atoms with E-state index in [2.05, 4.69) is 11.8 Å². The summed E-state index contributed by atoms with van der Waals surface area (Å²) in [6.07, 6.45) is 2.17. The molecule has 1 aromatic carbocycles. The van der Waals surface area contributed by atoms with Gasteiger partial charge in [0.25, 0.3) is 5.91 Å². The van der Waals surface area contributed by atoms with Crippen LogP contribution >= 0.6 is 0 Å². The minimum atomic E-state index is 0.166. The van der Waals surface area contributed by atoms with Crippen molar-refractivity contribution in [3.63, 3.8) is 0 Å². The van der Waals surface area contributed by atoms with E-state index in [0.29, 0.717) is 6.04 Å². The normalized spacial score (nSPS) is 17.8. The van der Waals surface area contributed by atoms with Crippen LogP contribution in [0.2, 0.25) is 0 Å². The summed E-state index contributed by atoms with van der Waals surface area (Å²) in [5, 5.41) is 0. The number of piperazine rings is 1. The molecule has 1 aliphatic rings. The van der Waals surface area contributed by atoms with Gasteiger partial charge in [-0.3, -0.25) is 9.69 Å². The van der Waals surface area contributed by atoms with E-state index in [4.69, 9.17) is 5.73 Å². The SMILES string of the molecule is CCC(CCN)N1CCN(C(=O)c2ccccc2C)CC1. The number of hydrogen-bond donors (Lipinski definition) is 1. The second-order valence-corrected chi connectivity index (χ2v) is 5.78. The summed E-state index contributed by atoms with van der Waals surface area (Å²) in [5.74, 6) is 0.166. The summed E-state index contributed by atoms with van der Waals surface area (Å²) < 4.78 is 0. The highest BCUT2D eigenvalue weighted by atomic mass is 16.2. The van der Waals surface area contributed by atoms with E-state index in [9.17, 15) is 4.79 Å². The number of hydrogen-bond acceptors (Lipinski definition) is 3. The number of nitrogens with two attached hydrogens (primary N) is 1. The Hall–Kier alpha value is -1.39. The first-order chi connectivity index (χ1) is 10.2. The Balaban J connectivity index is 1.95. The van der Waals surface area contributed by atoms with Crippen LogP contribution in [-0.2, 0) is 0 Å². The van der Waals surface area contributed by atoms with Crippen LogP contribution in [-0.4, -0.2) is 54.5 Å². The molecule has 0 saturated carbocycles. The Morgan fingerprint density at radius 1 is 1.24 bits per heavy atom. The summed E-state index contributed by atoms with van der Waals surface area (Å²) in [6, 6.07) is 8.39. The number of nitrogens with zero attached hydrogens (tertiary/aromatic N) is 2. The molecule has 21 heavy (non-hydrogen) atoms. The maximum atomic E-state index is 12.6. The molecule has 2 N–H and O–H groups in total. The van der Waals surface area contributed by atoms with Crippen molar-refractivity contribution < 1.29 is 4.79 Å². The number of carbonyl (C=O) groups excluding carboxylic acids is 1. The molecule has 4 nitrogen and oxygen atoms in total. The molecule has 2 rings (SSSR count). The average Bonchev–Trinajstić information content (AvgIpc) is 2.52. The van der Waals surface area contributed by atoms with Crippen LogP contribution in [0.15, 0.2) is 24.3 Å². The van der Waals surface area contributed by atoms with Gasteiger partial charge in [-0.15, -0.1) is 0 Å². The number of carbonyl (C=O) groups is 1.